The summed E-state index contributed by atoms with van der Waals surface area (Å²) in [6.45, 7) is 7.36. The molecule has 2 N–H and O–H groups in total. The Morgan fingerprint density at radius 3 is 2.81 bits per heavy atom. The lowest BCUT2D eigenvalue weighted by atomic mass is 9.77. The van der Waals surface area contributed by atoms with E-state index >= 15 is 0 Å². The van der Waals surface area contributed by atoms with Crippen LogP contribution in [0.4, 0.5) is 0 Å². The number of hydrogen-bond donors (Lipinski definition) is 2. The molecule has 0 radical (unpaired) electrons. The minimum Gasteiger partial charge on any atom is -0.388 e. The fourth-order valence-electron chi connectivity index (χ4n) is 3.21. The molecule has 0 bridgehead atoms. The van der Waals surface area contributed by atoms with E-state index in [1.54, 1.807) is 13.0 Å². The van der Waals surface area contributed by atoms with E-state index in [0.717, 1.165) is 5.39 Å². The summed E-state index contributed by atoms with van der Waals surface area (Å²) in [4.78, 5) is 8.20. The first kappa shape index (κ1) is 14.5. The third-order valence-corrected chi connectivity index (χ3v) is 5.30. The Morgan fingerprint density at radius 1 is 1.48 bits per heavy atom. The van der Waals surface area contributed by atoms with Crippen molar-refractivity contribution < 1.29 is 10.2 Å². The lowest BCUT2D eigenvalue weighted by molar-refractivity contribution is -0.0923. The zero-order valence-electron chi connectivity index (χ0n) is 12.0. The van der Waals surface area contributed by atoms with Crippen LogP contribution in [0.25, 0.3) is 11.0 Å². The van der Waals surface area contributed by atoms with E-state index in [4.69, 9.17) is 11.6 Å². The average Bonchev–Trinajstić information content (AvgIpc) is 2.94. The van der Waals surface area contributed by atoms with Crippen LogP contribution in [0.15, 0.2) is 31.2 Å². The van der Waals surface area contributed by atoms with Gasteiger partial charge >= 0.3 is 0 Å². The van der Waals surface area contributed by atoms with Crippen molar-refractivity contribution in [2.75, 3.05) is 0 Å². The van der Waals surface area contributed by atoms with Crippen molar-refractivity contribution >= 4 is 22.6 Å². The van der Waals surface area contributed by atoms with Gasteiger partial charge in [0.25, 0.3) is 0 Å². The summed E-state index contributed by atoms with van der Waals surface area (Å²) in [7, 11) is 0. The second kappa shape index (κ2) is 4.53. The summed E-state index contributed by atoms with van der Waals surface area (Å²) in [5, 5.41) is 22.4. The molecule has 6 heteroatoms. The Balaban J connectivity index is 2.12. The van der Waals surface area contributed by atoms with Gasteiger partial charge in [-0.15, -0.1) is 6.58 Å². The Kier molecular flexibility index (Phi) is 3.13. The van der Waals surface area contributed by atoms with Gasteiger partial charge in [-0.05, 0) is 19.4 Å². The minimum absolute atomic E-state index is 0.300. The van der Waals surface area contributed by atoms with Crippen molar-refractivity contribution in [2.45, 2.75) is 38.0 Å². The third-order valence-electron chi connectivity index (χ3n) is 5.00. The van der Waals surface area contributed by atoms with Gasteiger partial charge in [-0.1, -0.05) is 24.6 Å². The predicted molar refractivity (Wildman–Crippen MR) is 81.1 cm³/mol. The molecule has 1 aliphatic rings. The van der Waals surface area contributed by atoms with Crippen LogP contribution in [0.1, 0.15) is 26.3 Å². The maximum atomic E-state index is 10.7. The summed E-state index contributed by atoms with van der Waals surface area (Å²) >= 11 is 6.06. The Morgan fingerprint density at radius 2 is 2.19 bits per heavy atom. The molecule has 2 aromatic rings. The summed E-state index contributed by atoms with van der Waals surface area (Å²) in [6.07, 6.45) is 4.57. The molecule has 1 aliphatic carbocycles. The van der Waals surface area contributed by atoms with Gasteiger partial charge in [-0.2, -0.15) is 0 Å². The summed E-state index contributed by atoms with van der Waals surface area (Å²) in [5.74, 6) is 0. The van der Waals surface area contributed by atoms with E-state index < -0.39 is 17.1 Å². The fourth-order valence-corrected chi connectivity index (χ4v) is 3.40. The van der Waals surface area contributed by atoms with Gasteiger partial charge in [-0.3, -0.25) is 0 Å². The van der Waals surface area contributed by atoms with Crippen LogP contribution in [0, 0.1) is 5.41 Å². The summed E-state index contributed by atoms with van der Waals surface area (Å²) in [6, 6.07) is 1.52. The highest BCUT2D eigenvalue weighted by molar-refractivity contribution is 6.33. The van der Waals surface area contributed by atoms with Crippen molar-refractivity contribution in [3.8, 4) is 0 Å². The second-order valence-corrected chi connectivity index (χ2v) is 6.47. The number of fused-ring (bicyclic) bond motifs is 1. The van der Waals surface area contributed by atoms with Crippen LogP contribution in [-0.4, -0.2) is 36.5 Å². The van der Waals surface area contributed by atoms with Gasteiger partial charge in [-0.25, -0.2) is 9.97 Å². The molecule has 0 saturated heterocycles. The van der Waals surface area contributed by atoms with Crippen molar-refractivity contribution in [3.63, 3.8) is 0 Å². The molecule has 0 aromatic carbocycles. The van der Waals surface area contributed by atoms with E-state index in [9.17, 15) is 10.2 Å². The van der Waals surface area contributed by atoms with Gasteiger partial charge < -0.3 is 14.8 Å². The van der Waals surface area contributed by atoms with Crippen molar-refractivity contribution in [2.24, 2.45) is 5.41 Å². The number of aliphatic hydroxyl groups is 2. The largest absolute Gasteiger partial charge is 0.388 e. The molecule has 112 valence electrons. The number of halogens is 1. The van der Waals surface area contributed by atoms with Gasteiger partial charge in [0.1, 0.15) is 23.2 Å². The maximum Gasteiger partial charge on any atom is 0.145 e. The fraction of sp³-hybridized carbons (Fsp3) is 0.467. The quantitative estimate of drug-likeness (QED) is 0.660. The van der Waals surface area contributed by atoms with Crippen molar-refractivity contribution in [1.82, 2.24) is 14.5 Å². The summed E-state index contributed by atoms with van der Waals surface area (Å²) < 4.78 is 1.86. The van der Waals surface area contributed by atoms with Crippen molar-refractivity contribution in [3.05, 3.63) is 36.4 Å². The normalized spacial score (nSPS) is 36.2. The molecule has 1 fully saturated rings. The van der Waals surface area contributed by atoms with Crippen LogP contribution >= 0.6 is 11.6 Å². The number of nitrogens with zero attached hydrogens (tertiary/aromatic N) is 3. The maximum absolute atomic E-state index is 10.7. The second-order valence-electron chi connectivity index (χ2n) is 6.11. The molecule has 2 heterocycles. The first-order valence-electron chi connectivity index (χ1n) is 6.83. The van der Waals surface area contributed by atoms with Gasteiger partial charge in [0.2, 0.25) is 0 Å². The Hall–Kier alpha value is -1.43. The number of rotatable bonds is 2. The van der Waals surface area contributed by atoms with Crippen LogP contribution in [-0.2, 0) is 0 Å². The van der Waals surface area contributed by atoms with Crippen LogP contribution in [0.3, 0.4) is 0 Å². The molecule has 3 rings (SSSR count). The van der Waals surface area contributed by atoms with Crippen LogP contribution < -0.4 is 0 Å². The molecule has 2 aromatic heterocycles. The Bertz CT molecular complexity index is 712. The molecule has 0 spiro atoms. The molecule has 5 nitrogen and oxygen atoms in total. The number of aromatic nitrogens is 3. The summed E-state index contributed by atoms with van der Waals surface area (Å²) in [5.41, 5.74) is -1.18. The van der Waals surface area contributed by atoms with Gasteiger partial charge in [0.15, 0.2) is 0 Å². The molecule has 0 unspecified atom stereocenters. The van der Waals surface area contributed by atoms with Crippen LogP contribution in [0.2, 0.25) is 5.15 Å². The van der Waals surface area contributed by atoms with E-state index in [2.05, 4.69) is 16.5 Å². The monoisotopic (exact) mass is 307 g/mol. The number of aliphatic hydroxyl groups excluding tert-OH is 1. The van der Waals surface area contributed by atoms with E-state index in [1.165, 1.54) is 6.33 Å². The molecule has 0 amide bonds. The first-order valence-corrected chi connectivity index (χ1v) is 7.21. The highest BCUT2D eigenvalue weighted by atomic mass is 35.5. The van der Waals surface area contributed by atoms with E-state index in [0.29, 0.717) is 17.2 Å². The Labute approximate surface area is 127 Å². The molecule has 4 atom stereocenters. The third kappa shape index (κ3) is 1.84. The van der Waals surface area contributed by atoms with Crippen molar-refractivity contribution in [1.29, 1.82) is 0 Å². The molecular weight excluding hydrogens is 290 g/mol. The molecular formula is C15H18ClN3O2. The van der Waals surface area contributed by atoms with Gasteiger partial charge in [0.05, 0.1) is 17.0 Å². The molecule has 21 heavy (non-hydrogen) atoms. The van der Waals surface area contributed by atoms with Crippen LogP contribution in [0.5, 0.6) is 0 Å². The smallest absolute Gasteiger partial charge is 0.145 e. The molecule has 1 saturated carbocycles. The minimum atomic E-state index is -1.26. The highest BCUT2D eigenvalue weighted by Crippen LogP contribution is 2.52. The SMILES string of the molecule is C=C[C@@]1(C)C[C@@H](n2ccc3c(Cl)ncnc32)[C@H](O)[C@]1(C)O. The number of hydrogen-bond acceptors (Lipinski definition) is 4. The zero-order chi connectivity index (χ0) is 15.4. The highest BCUT2D eigenvalue weighted by Gasteiger charge is 2.57. The van der Waals surface area contributed by atoms with E-state index in [1.807, 2.05) is 23.8 Å². The van der Waals surface area contributed by atoms with Gasteiger partial charge in [0, 0.05) is 11.6 Å². The van der Waals surface area contributed by atoms with E-state index in [-0.39, 0.29) is 6.04 Å². The standard InChI is InChI=1S/C15H18ClN3O2/c1-4-14(2)7-10(11(20)15(14,3)21)19-6-5-9-12(16)17-8-18-13(9)19/h4-6,8,10-11,20-21H,1,7H2,2-3H3/t10-,11+,14+,15+/m1/s1. The average molecular weight is 308 g/mol. The first-order chi connectivity index (χ1) is 9.82. The predicted octanol–water partition coefficient (Wildman–Crippen LogP) is 2.33. The lowest BCUT2D eigenvalue weighted by Gasteiger charge is -2.35. The topological polar surface area (TPSA) is 71.2 Å². The molecule has 0 aliphatic heterocycles. The lowest BCUT2D eigenvalue weighted by Crippen LogP contribution is -2.46. The zero-order valence-corrected chi connectivity index (χ0v) is 12.7.